The van der Waals surface area contributed by atoms with Crippen molar-refractivity contribution in [1.82, 2.24) is 4.57 Å². The highest BCUT2D eigenvalue weighted by molar-refractivity contribution is 6.15. The minimum atomic E-state index is 0.446. The molecule has 0 N–H and O–H groups in total. The van der Waals surface area contributed by atoms with Gasteiger partial charge in [-0.1, -0.05) is 157 Å². The molecule has 2 aliphatic carbocycles. The lowest BCUT2D eigenvalue weighted by molar-refractivity contribution is 0.700. The van der Waals surface area contributed by atoms with E-state index in [0.29, 0.717) is 5.92 Å². The third-order valence-electron chi connectivity index (χ3n) is 11.5. The lowest BCUT2D eigenvalue weighted by Gasteiger charge is -2.31. The van der Waals surface area contributed by atoms with E-state index >= 15 is 0 Å². The largest absolute Gasteiger partial charge is 0.314 e. The Morgan fingerprint density at radius 3 is 1.91 bits per heavy atom. The standard InChI is InChI=1S/C54H42N2/c1-4-15-39(16-5-1)40-29-31-41(32-30-40)42-33-35-48(36-34-42)55(46-20-6-2-7-21-46)49-24-13-18-44(38-49)43-17-12-19-45(37-43)50-26-14-28-53-54(50)51-25-10-11-27-52(51)56(53)47-22-8-3-9-23-47/h1-31,33,35,37-38,41H,32,34,36H2. The van der Waals surface area contributed by atoms with E-state index in [-0.39, 0.29) is 0 Å². The quantitative estimate of drug-likeness (QED) is 0.152. The second-order valence-electron chi connectivity index (χ2n) is 14.8. The van der Waals surface area contributed by atoms with Crippen LogP contribution in [0.25, 0.3) is 55.3 Å². The zero-order valence-electron chi connectivity index (χ0n) is 31.3. The number of hydrogen-bond acceptors (Lipinski definition) is 1. The van der Waals surface area contributed by atoms with Crippen LogP contribution in [0.5, 0.6) is 0 Å². The molecule has 1 unspecified atom stereocenters. The van der Waals surface area contributed by atoms with E-state index in [1.807, 2.05) is 0 Å². The van der Waals surface area contributed by atoms with Crippen molar-refractivity contribution in [2.24, 2.45) is 5.92 Å². The van der Waals surface area contributed by atoms with E-state index in [9.17, 15) is 0 Å². The SMILES string of the molecule is C1=CC(C2=CC=C(N(c3ccccc3)c3cccc(-c4cccc(-c5cccc6c5c5ccccc5n6-c5ccccc5)c4)c3)CC2)CC=C1c1ccccc1. The van der Waals surface area contributed by atoms with Crippen molar-refractivity contribution >= 4 is 38.8 Å². The van der Waals surface area contributed by atoms with Gasteiger partial charge in [-0.3, -0.25) is 0 Å². The molecule has 0 fully saturated rings. The first kappa shape index (κ1) is 33.7. The average molecular weight is 719 g/mol. The first-order valence-corrected chi connectivity index (χ1v) is 19.8. The van der Waals surface area contributed by atoms with Crippen molar-refractivity contribution in [3.63, 3.8) is 0 Å². The summed E-state index contributed by atoms with van der Waals surface area (Å²) in [4.78, 5) is 2.45. The molecule has 2 heteroatoms. The van der Waals surface area contributed by atoms with E-state index in [2.05, 4.69) is 222 Å². The molecule has 0 aliphatic heterocycles. The maximum Gasteiger partial charge on any atom is 0.0547 e. The summed E-state index contributed by atoms with van der Waals surface area (Å²) in [6.45, 7) is 0. The summed E-state index contributed by atoms with van der Waals surface area (Å²) in [5, 5.41) is 2.54. The van der Waals surface area contributed by atoms with E-state index in [1.165, 1.54) is 83.5 Å². The lowest BCUT2D eigenvalue weighted by atomic mass is 9.84. The maximum absolute atomic E-state index is 2.45. The van der Waals surface area contributed by atoms with Gasteiger partial charge in [-0.15, -0.1) is 0 Å². The highest BCUT2D eigenvalue weighted by atomic mass is 15.1. The smallest absolute Gasteiger partial charge is 0.0547 e. The number of aromatic nitrogens is 1. The number of anilines is 2. The third-order valence-corrected chi connectivity index (χ3v) is 11.5. The Morgan fingerprint density at radius 1 is 0.500 bits per heavy atom. The number of hydrogen-bond donors (Lipinski definition) is 0. The van der Waals surface area contributed by atoms with Crippen molar-refractivity contribution in [1.29, 1.82) is 0 Å². The van der Waals surface area contributed by atoms with Gasteiger partial charge in [-0.2, -0.15) is 0 Å². The van der Waals surface area contributed by atoms with Crippen LogP contribution < -0.4 is 4.90 Å². The Bertz CT molecular complexity index is 2820. The molecule has 0 saturated carbocycles. The minimum Gasteiger partial charge on any atom is -0.314 e. The molecule has 2 aliphatic rings. The van der Waals surface area contributed by atoms with Gasteiger partial charge in [0, 0.05) is 39.4 Å². The second kappa shape index (κ2) is 14.7. The molecule has 56 heavy (non-hydrogen) atoms. The number of nitrogens with zero attached hydrogens (tertiary/aromatic N) is 2. The Kier molecular flexibility index (Phi) is 8.85. The predicted molar refractivity (Wildman–Crippen MR) is 237 cm³/mol. The van der Waals surface area contributed by atoms with Crippen molar-refractivity contribution in [3.8, 4) is 27.9 Å². The van der Waals surface area contributed by atoms with Crippen LogP contribution in [-0.2, 0) is 0 Å². The van der Waals surface area contributed by atoms with Crippen LogP contribution >= 0.6 is 0 Å². The molecule has 0 amide bonds. The van der Waals surface area contributed by atoms with E-state index in [4.69, 9.17) is 0 Å². The first-order chi connectivity index (χ1) is 27.8. The Balaban J connectivity index is 0.991. The number of para-hydroxylation sites is 3. The molecular weight excluding hydrogens is 677 g/mol. The number of allylic oxidation sites excluding steroid dienone is 8. The topological polar surface area (TPSA) is 8.17 Å². The monoisotopic (exact) mass is 718 g/mol. The molecule has 1 aromatic heterocycles. The fourth-order valence-corrected chi connectivity index (χ4v) is 8.74. The molecule has 8 aromatic rings. The van der Waals surface area contributed by atoms with Gasteiger partial charge in [0.1, 0.15) is 0 Å². The van der Waals surface area contributed by atoms with Gasteiger partial charge in [-0.25, -0.2) is 0 Å². The number of fused-ring (bicyclic) bond motifs is 3. The summed E-state index contributed by atoms with van der Waals surface area (Å²) < 4.78 is 2.39. The summed E-state index contributed by atoms with van der Waals surface area (Å²) in [5.41, 5.74) is 16.2. The zero-order chi connectivity index (χ0) is 37.3. The van der Waals surface area contributed by atoms with Crippen molar-refractivity contribution in [2.45, 2.75) is 19.3 Å². The van der Waals surface area contributed by atoms with Crippen LogP contribution in [-0.4, -0.2) is 4.57 Å². The van der Waals surface area contributed by atoms with E-state index < -0.39 is 0 Å². The van der Waals surface area contributed by atoms with Gasteiger partial charge >= 0.3 is 0 Å². The van der Waals surface area contributed by atoms with Gasteiger partial charge in [0.2, 0.25) is 0 Å². The normalized spacial score (nSPS) is 15.4. The van der Waals surface area contributed by atoms with Crippen LogP contribution in [0.1, 0.15) is 24.8 Å². The van der Waals surface area contributed by atoms with Crippen LogP contribution in [0, 0.1) is 5.92 Å². The van der Waals surface area contributed by atoms with Gasteiger partial charge in [0.25, 0.3) is 0 Å². The molecule has 0 radical (unpaired) electrons. The lowest BCUT2D eigenvalue weighted by Crippen LogP contribution is -2.19. The fraction of sp³-hybridized carbons (Fsp3) is 0.0741. The first-order valence-electron chi connectivity index (χ1n) is 19.8. The van der Waals surface area contributed by atoms with E-state index in [1.54, 1.807) is 0 Å². The van der Waals surface area contributed by atoms with Crippen molar-refractivity contribution in [3.05, 3.63) is 229 Å². The third kappa shape index (κ3) is 6.29. The Morgan fingerprint density at radius 2 is 1.14 bits per heavy atom. The molecule has 1 heterocycles. The van der Waals surface area contributed by atoms with Gasteiger partial charge in [0.15, 0.2) is 0 Å². The fourth-order valence-electron chi connectivity index (χ4n) is 8.74. The summed E-state index contributed by atoms with van der Waals surface area (Å²) in [6.07, 6.45) is 14.9. The molecular formula is C54H42N2. The van der Waals surface area contributed by atoms with Gasteiger partial charge < -0.3 is 9.47 Å². The molecule has 7 aromatic carbocycles. The predicted octanol–water partition coefficient (Wildman–Crippen LogP) is 14.5. The van der Waals surface area contributed by atoms with Crippen LogP contribution in [0.3, 0.4) is 0 Å². The van der Waals surface area contributed by atoms with E-state index in [0.717, 1.165) is 19.3 Å². The highest BCUT2D eigenvalue weighted by Gasteiger charge is 2.22. The van der Waals surface area contributed by atoms with Crippen molar-refractivity contribution < 1.29 is 0 Å². The molecule has 0 saturated heterocycles. The van der Waals surface area contributed by atoms with Crippen molar-refractivity contribution in [2.75, 3.05) is 4.90 Å². The maximum atomic E-state index is 2.45. The summed E-state index contributed by atoms with van der Waals surface area (Å²) in [7, 11) is 0. The summed E-state index contributed by atoms with van der Waals surface area (Å²) >= 11 is 0. The average Bonchev–Trinajstić information content (AvgIpc) is 3.63. The van der Waals surface area contributed by atoms with Crippen LogP contribution in [0.15, 0.2) is 224 Å². The number of rotatable bonds is 8. The van der Waals surface area contributed by atoms with Crippen LogP contribution in [0.4, 0.5) is 11.4 Å². The highest BCUT2D eigenvalue weighted by Crippen LogP contribution is 2.41. The Hall–Kier alpha value is -6.90. The second-order valence-corrected chi connectivity index (χ2v) is 14.8. The summed E-state index contributed by atoms with van der Waals surface area (Å²) in [6, 6.07) is 65.8. The molecule has 0 spiro atoms. The van der Waals surface area contributed by atoms with Gasteiger partial charge in [0.05, 0.1) is 11.0 Å². The Labute approximate surface area is 329 Å². The zero-order valence-corrected chi connectivity index (χ0v) is 31.3. The number of benzene rings is 7. The molecule has 10 rings (SSSR count). The molecule has 1 atom stereocenters. The molecule has 0 bridgehead atoms. The van der Waals surface area contributed by atoms with Gasteiger partial charge in [-0.05, 0) is 113 Å². The van der Waals surface area contributed by atoms with Crippen LogP contribution in [0.2, 0.25) is 0 Å². The summed E-state index contributed by atoms with van der Waals surface area (Å²) in [5.74, 6) is 0.446. The minimum absolute atomic E-state index is 0.446. The molecule has 268 valence electrons. The molecule has 2 nitrogen and oxygen atoms in total.